The lowest BCUT2D eigenvalue weighted by atomic mass is 10.2. The summed E-state index contributed by atoms with van der Waals surface area (Å²) in [5, 5.41) is 18.1. The quantitative estimate of drug-likeness (QED) is 0.674. The molecule has 0 amide bonds. The molecule has 3 nitrogen and oxygen atoms in total. The predicted molar refractivity (Wildman–Crippen MR) is 51.7 cm³/mol. The standard InChI is InChI=1S/C10H13NO2/c1-8(12)10(13)11-7-9-5-3-2-4-6-9/h2-8,10,12-13H,1H3. The molecule has 0 radical (unpaired) electrons. The van der Waals surface area contributed by atoms with Crippen molar-refractivity contribution in [3.8, 4) is 0 Å². The number of aliphatic hydroxyl groups excluding tert-OH is 2. The first-order valence-electron chi connectivity index (χ1n) is 4.14. The molecule has 0 saturated heterocycles. The van der Waals surface area contributed by atoms with Crippen LogP contribution in [0, 0.1) is 0 Å². The topological polar surface area (TPSA) is 52.8 Å². The van der Waals surface area contributed by atoms with Crippen LogP contribution in [0.4, 0.5) is 0 Å². The van der Waals surface area contributed by atoms with Crippen LogP contribution in [0.1, 0.15) is 12.5 Å². The number of hydrogen-bond acceptors (Lipinski definition) is 3. The summed E-state index contributed by atoms with van der Waals surface area (Å²) in [7, 11) is 0. The lowest BCUT2D eigenvalue weighted by Gasteiger charge is -2.06. The Labute approximate surface area is 77.4 Å². The molecule has 0 aliphatic carbocycles. The molecule has 0 aliphatic heterocycles. The fraction of sp³-hybridized carbons (Fsp3) is 0.300. The molecule has 2 atom stereocenters. The van der Waals surface area contributed by atoms with Gasteiger partial charge in [-0.25, -0.2) is 0 Å². The SMILES string of the molecule is CC(O)C(O)N=Cc1ccccc1. The highest BCUT2D eigenvalue weighted by Crippen LogP contribution is 1.97. The Hall–Kier alpha value is -1.19. The van der Waals surface area contributed by atoms with Gasteiger partial charge < -0.3 is 10.2 Å². The highest BCUT2D eigenvalue weighted by Gasteiger charge is 2.06. The molecule has 70 valence electrons. The highest BCUT2D eigenvalue weighted by atomic mass is 16.3. The first-order chi connectivity index (χ1) is 6.20. The maximum atomic E-state index is 9.14. The Morgan fingerprint density at radius 2 is 1.85 bits per heavy atom. The Morgan fingerprint density at radius 1 is 1.23 bits per heavy atom. The lowest BCUT2D eigenvalue weighted by Crippen LogP contribution is -2.19. The van der Waals surface area contributed by atoms with E-state index in [4.69, 9.17) is 10.2 Å². The second-order valence-electron chi connectivity index (χ2n) is 2.84. The Morgan fingerprint density at radius 3 is 2.38 bits per heavy atom. The van der Waals surface area contributed by atoms with Gasteiger partial charge in [0, 0.05) is 6.21 Å². The first kappa shape index (κ1) is 9.89. The van der Waals surface area contributed by atoms with E-state index < -0.39 is 12.3 Å². The van der Waals surface area contributed by atoms with Crippen LogP contribution in [0.3, 0.4) is 0 Å². The average molecular weight is 179 g/mol. The molecular formula is C10H13NO2. The molecule has 0 saturated carbocycles. The van der Waals surface area contributed by atoms with Crippen LogP contribution < -0.4 is 0 Å². The average Bonchev–Trinajstić information content (AvgIpc) is 2.15. The maximum absolute atomic E-state index is 9.14. The van der Waals surface area contributed by atoms with Gasteiger partial charge in [0.15, 0.2) is 6.23 Å². The molecule has 0 fully saturated rings. The van der Waals surface area contributed by atoms with Crippen LogP contribution in [-0.4, -0.2) is 28.8 Å². The summed E-state index contributed by atoms with van der Waals surface area (Å²) >= 11 is 0. The zero-order chi connectivity index (χ0) is 9.68. The summed E-state index contributed by atoms with van der Waals surface area (Å²) < 4.78 is 0. The van der Waals surface area contributed by atoms with Gasteiger partial charge in [-0.05, 0) is 12.5 Å². The minimum atomic E-state index is -1.04. The lowest BCUT2D eigenvalue weighted by molar-refractivity contribution is 0.0380. The zero-order valence-corrected chi connectivity index (χ0v) is 7.46. The van der Waals surface area contributed by atoms with Crippen LogP contribution in [0.5, 0.6) is 0 Å². The minimum absolute atomic E-state index is 0.833. The van der Waals surface area contributed by atoms with E-state index >= 15 is 0 Å². The van der Waals surface area contributed by atoms with Crippen molar-refractivity contribution in [2.24, 2.45) is 4.99 Å². The van der Waals surface area contributed by atoms with E-state index in [1.165, 1.54) is 13.1 Å². The summed E-state index contributed by atoms with van der Waals surface area (Å²) in [6.45, 7) is 1.49. The molecule has 1 rings (SSSR count). The normalized spacial score (nSPS) is 15.9. The van der Waals surface area contributed by atoms with Crippen molar-refractivity contribution in [2.45, 2.75) is 19.3 Å². The Kier molecular flexibility index (Phi) is 3.61. The van der Waals surface area contributed by atoms with Crippen molar-refractivity contribution in [3.63, 3.8) is 0 Å². The molecule has 1 aromatic carbocycles. The van der Waals surface area contributed by atoms with E-state index in [9.17, 15) is 0 Å². The number of hydrogen-bond donors (Lipinski definition) is 2. The minimum Gasteiger partial charge on any atom is -0.389 e. The van der Waals surface area contributed by atoms with Crippen LogP contribution in [0.25, 0.3) is 0 Å². The molecule has 0 aromatic heterocycles. The zero-order valence-electron chi connectivity index (χ0n) is 7.46. The summed E-state index contributed by atoms with van der Waals surface area (Å²) in [4.78, 5) is 3.77. The molecule has 0 heterocycles. The number of nitrogens with zero attached hydrogens (tertiary/aromatic N) is 1. The molecule has 0 aliphatic rings. The van der Waals surface area contributed by atoms with Crippen molar-refractivity contribution in [1.82, 2.24) is 0 Å². The Balaban J connectivity index is 2.59. The third kappa shape index (κ3) is 3.36. The van der Waals surface area contributed by atoms with Gasteiger partial charge in [0.25, 0.3) is 0 Å². The van der Waals surface area contributed by atoms with E-state index in [0.717, 1.165) is 5.56 Å². The molecule has 0 bridgehead atoms. The summed E-state index contributed by atoms with van der Waals surface area (Å²) in [6, 6.07) is 9.42. The van der Waals surface area contributed by atoms with E-state index in [1.54, 1.807) is 0 Å². The molecule has 13 heavy (non-hydrogen) atoms. The fourth-order valence-electron chi connectivity index (χ4n) is 0.826. The molecule has 2 N–H and O–H groups in total. The van der Waals surface area contributed by atoms with Crippen LogP contribution in [0.2, 0.25) is 0 Å². The van der Waals surface area contributed by atoms with Gasteiger partial charge in [0.1, 0.15) is 0 Å². The highest BCUT2D eigenvalue weighted by molar-refractivity contribution is 5.79. The fourth-order valence-corrected chi connectivity index (χ4v) is 0.826. The number of rotatable bonds is 3. The van der Waals surface area contributed by atoms with Crippen molar-refractivity contribution in [1.29, 1.82) is 0 Å². The van der Waals surface area contributed by atoms with Gasteiger partial charge in [-0.3, -0.25) is 4.99 Å². The smallest absolute Gasteiger partial charge is 0.170 e. The number of aliphatic imine (C=N–C) groups is 1. The molecule has 2 unspecified atom stereocenters. The molecule has 1 aromatic rings. The summed E-state index contributed by atoms with van der Waals surface area (Å²) in [5.74, 6) is 0. The van der Waals surface area contributed by atoms with Crippen molar-refractivity contribution in [2.75, 3.05) is 0 Å². The monoisotopic (exact) mass is 179 g/mol. The van der Waals surface area contributed by atoms with E-state index in [2.05, 4.69) is 4.99 Å². The van der Waals surface area contributed by atoms with Crippen molar-refractivity contribution in [3.05, 3.63) is 35.9 Å². The second kappa shape index (κ2) is 4.74. The van der Waals surface area contributed by atoms with Crippen molar-refractivity contribution >= 4 is 6.21 Å². The first-order valence-corrected chi connectivity index (χ1v) is 4.14. The Bertz CT molecular complexity index is 270. The van der Waals surface area contributed by atoms with Gasteiger partial charge in [0.2, 0.25) is 0 Å². The summed E-state index contributed by atoms with van der Waals surface area (Å²) in [5.41, 5.74) is 0.905. The van der Waals surface area contributed by atoms with E-state index in [-0.39, 0.29) is 0 Å². The molecule has 3 heteroatoms. The third-order valence-electron chi connectivity index (χ3n) is 1.61. The van der Waals surface area contributed by atoms with Gasteiger partial charge in [-0.2, -0.15) is 0 Å². The van der Waals surface area contributed by atoms with Crippen LogP contribution in [-0.2, 0) is 0 Å². The van der Waals surface area contributed by atoms with Crippen LogP contribution >= 0.6 is 0 Å². The van der Waals surface area contributed by atoms with Gasteiger partial charge >= 0.3 is 0 Å². The van der Waals surface area contributed by atoms with Crippen LogP contribution in [0.15, 0.2) is 35.3 Å². The third-order valence-corrected chi connectivity index (χ3v) is 1.61. The van der Waals surface area contributed by atoms with Crippen molar-refractivity contribution < 1.29 is 10.2 Å². The summed E-state index contributed by atoms with van der Waals surface area (Å²) in [6.07, 6.45) is -0.336. The molecular weight excluding hydrogens is 166 g/mol. The second-order valence-corrected chi connectivity index (χ2v) is 2.84. The molecule has 0 spiro atoms. The largest absolute Gasteiger partial charge is 0.389 e. The van der Waals surface area contributed by atoms with Gasteiger partial charge in [0.05, 0.1) is 6.10 Å². The number of benzene rings is 1. The predicted octanol–water partition coefficient (Wildman–Crippen LogP) is 0.805. The number of aliphatic hydroxyl groups is 2. The van der Waals surface area contributed by atoms with E-state index in [0.29, 0.717) is 0 Å². The maximum Gasteiger partial charge on any atom is 0.170 e. The van der Waals surface area contributed by atoms with Gasteiger partial charge in [-0.15, -0.1) is 0 Å². The van der Waals surface area contributed by atoms with E-state index in [1.807, 2.05) is 30.3 Å². The van der Waals surface area contributed by atoms with Gasteiger partial charge in [-0.1, -0.05) is 30.3 Å².